The quantitative estimate of drug-likeness (QED) is 0.652. The van der Waals surface area contributed by atoms with Crippen LogP contribution < -0.4 is 5.69 Å². The maximum Gasteiger partial charge on any atom is 0.325 e. The van der Waals surface area contributed by atoms with Crippen LogP contribution in [0.25, 0.3) is 0 Å². The molecule has 0 amide bonds. The first-order valence-electron chi connectivity index (χ1n) is 5.63. The van der Waals surface area contributed by atoms with Gasteiger partial charge in [-0.25, -0.2) is 4.79 Å². The van der Waals surface area contributed by atoms with Gasteiger partial charge in [-0.3, -0.25) is 4.57 Å². The number of aromatic nitrogens is 2. The fraction of sp³-hybridized carbons (Fsp3) is 0.727. The normalized spacial score (nSPS) is 27.5. The fourth-order valence-corrected chi connectivity index (χ4v) is 2.87. The van der Waals surface area contributed by atoms with Crippen LogP contribution in [0.5, 0.6) is 0 Å². The Labute approximate surface area is 98.0 Å². The summed E-state index contributed by atoms with van der Waals surface area (Å²) < 4.78 is 1.79. The van der Waals surface area contributed by atoms with Crippen molar-refractivity contribution in [3.8, 4) is 0 Å². The molecule has 1 aliphatic carbocycles. The third kappa shape index (κ3) is 2.97. The van der Waals surface area contributed by atoms with E-state index in [4.69, 9.17) is 0 Å². The Kier molecular flexibility index (Phi) is 3.67. The van der Waals surface area contributed by atoms with Gasteiger partial charge in [0, 0.05) is 23.8 Å². The minimum absolute atomic E-state index is 0.0228. The van der Waals surface area contributed by atoms with Gasteiger partial charge >= 0.3 is 5.69 Å². The van der Waals surface area contributed by atoms with Gasteiger partial charge in [-0.2, -0.15) is 0 Å². The molecule has 84 valence electrons. The molecule has 1 aromatic rings. The number of alkyl halides is 1. The van der Waals surface area contributed by atoms with Crippen molar-refractivity contribution in [1.29, 1.82) is 0 Å². The largest absolute Gasteiger partial charge is 0.325 e. The summed E-state index contributed by atoms with van der Waals surface area (Å²) in [6.07, 6.45) is 9.83. The molecule has 0 aliphatic heterocycles. The van der Waals surface area contributed by atoms with Crippen LogP contribution in [0.1, 0.15) is 32.1 Å². The van der Waals surface area contributed by atoms with E-state index in [1.807, 2.05) is 6.20 Å². The molecule has 1 saturated carbocycles. The number of aromatic amines is 1. The first kappa shape index (κ1) is 11.0. The van der Waals surface area contributed by atoms with Crippen molar-refractivity contribution >= 4 is 15.9 Å². The van der Waals surface area contributed by atoms with E-state index in [-0.39, 0.29) is 5.69 Å². The van der Waals surface area contributed by atoms with E-state index < -0.39 is 0 Å². The number of nitrogens with one attached hydrogen (secondary N) is 1. The average Bonchev–Trinajstić information content (AvgIpc) is 2.48. The van der Waals surface area contributed by atoms with Crippen molar-refractivity contribution in [1.82, 2.24) is 9.55 Å². The van der Waals surface area contributed by atoms with E-state index in [1.165, 1.54) is 32.1 Å². The standard InChI is InChI=1S/C11H17BrN2O/c12-10-3-1-2-9(4-5-10)8-14-7-6-13-11(14)15/h6-7,9-10H,1-5,8H2,(H,13,15). The Hall–Kier alpha value is -0.510. The summed E-state index contributed by atoms with van der Waals surface area (Å²) in [6, 6.07) is 0. The van der Waals surface area contributed by atoms with E-state index in [0.717, 1.165) is 6.54 Å². The smallest absolute Gasteiger partial charge is 0.313 e. The Morgan fingerprint density at radius 2 is 2.27 bits per heavy atom. The van der Waals surface area contributed by atoms with Gasteiger partial charge in [0.15, 0.2) is 0 Å². The lowest BCUT2D eigenvalue weighted by atomic mass is 10.0. The number of H-pyrrole nitrogens is 1. The summed E-state index contributed by atoms with van der Waals surface area (Å²) in [5.41, 5.74) is 0.0228. The van der Waals surface area contributed by atoms with Crippen molar-refractivity contribution < 1.29 is 0 Å². The molecule has 0 bridgehead atoms. The first-order chi connectivity index (χ1) is 7.25. The molecule has 1 N–H and O–H groups in total. The van der Waals surface area contributed by atoms with Crippen LogP contribution in [0.15, 0.2) is 17.2 Å². The van der Waals surface area contributed by atoms with Crippen LogP contribution in [-0.4, -0.2) is 14.4 Å². The van der Waals surface area contributed by atoms with Crippen LogP contribution >= 0.6 is 15.9 Å². The minimum Gasteiger partial charge on any atom is -0.313 e. The molecule has 15 heavy (non-hydrogen) atoms. The zero-order valence-corrected chi connectivity index (χ0v) is 10.4. The van der Waals surface area contributed by atoms with Crippen LogP contribution in [-0.2, 0) is 6.54 Å². The molecule has 1 aromatic heterocycles. The van der Waals surface area contributed by atoms with Gasteiger partial charge in [0.1, 0.15) is 0 Å². The number of nitrogens with zero attached hydrogens (tertiary/aromatic N) is 1. The van der Waals surface area contributed by atoms with Crippen LogP contribution in [0.4, 0.5) is 0 Å². The molecule has 2 atom stereocenters. The average molecular weight is 273 g/mol. The van der Waals surface area contributed by atoms with Gasteiger partial charge in [0.2, 0.25) is 0 Å². The Morgan fingerprint density at radius 1 is 1.40 bits per heavy atom. The molecule has 0 saturated heterocycles. The van der Waals surface area contributed by atoms with Crippen molar-refractivity contribution in [3.05, 3.63) is 22.9 Å². The van der Waals surface area contributed by atoms with E-state index >= 15 is 0 Å². The molecule has 1 fully saturated rings. The number of hydrogen-bond acceptors (Lipinski definition) is 1. The molecule has 0 spiro atoms. The molecular weight excluding hydrogens is 256 g/mol. The van der Waals surface area contributed by atoms with Crippen LogP contribution in [0.3, 0.4) is 0 Å². The molecule has 3 nitrogen and oxygen atoms in total. The second-order valence-corrected chi connectivity index (χ2v) is 5.68. The highest BCUT2D eigenvalue weighted by molar-refractivity contribution is 9.09. The summed E-state index contributed by atoms with van der Waals surface area (Å²) in [4.78, 5) is 14.7. The maximum absolute atomic E-state index is 11.3. The van der Waals surface area contributed by atoms with Gasteiger partial charge < -0.3 is 4.98 Å². The fourth-order valence-electron chi connectivity index (χ4n) is 2.29. The number of imidazole rings is 1. The molecule has 0 radical (unpaired) electrons. The Balaban J connectivity index is 1.94. The molecular formula is C11H17BrN2O. The molecule has 2 rings (SSSR count). The summed E-state index contributed by atoms with van der Waals surface area (Å²) in [5, 5.41) is 0. The highest BCUT2D eigenvalue weighted by Crippen LogP contribution is 2.27. The van der Waals surface area contributed by atoms with Crippen LogP contribution in [0.2, 0.25) is 0 Å². The van der Waals surface area contributed by atoms with E-state index in [9.17, 15) is 4.79 Å². The molecule has 1 aliphatic rings. The lowest BCUT2D eigenvalue weighted by Crippen LogP contribution is -2.21. The number of rotatable bonds is 2. The number of halogens is 1. The van der Waals surface area contributed by atoms with Crippen molar-refractivity contribution in [2.75, 3.05) is 0 Å². The highest BCUT2D eigenvalue weighted by atomic mass is 79.9. The lowest BCUT2D eigenvalue weighted by molar-refractivity contribution is 0.391. The van der Waals surface area contributed by atoms with Gasteiger partial charge in [-0.15, -0.1) is 0 Å². The highest BCUT2D eigenvalue weighted by Gasteiger charge is 2.17. The summed E-state index contributed by atoms with van der Waals surface area (Å²) in [7, 11) is 0. The Bertz CT molecular complexity index is 357. The predicted molar refractivity (Wildman–Crippen MR) is 64.3 cm³/mol. The predicted octanol–water partition coefficient (Wildman–Crippen LogP) is 2.52. The lowest BCUT2D eigenvalue weighted by Gasteiger charge is -2.13. The molecule has 0 aromatic carbocycles. The van der Waals surface area contributed by atoms with E-state index in [0.29, 0.717) is 10.7 Å². The molecule has 2 unspecified atom stereocenters. The monoisotopic (exact) mass is 272 g/mol. The van der Waals surface area contributed by atoms with Crippen molar-refractivity contribution in [3.63, 3.8) is 0 Å². The SMILES string of the molecule is O=c1[nH]ccn1CC1CCCC(Br)CC1. The maximum atomic E-state index is 11.3. The van der Waals surface area contributed by atoms with Crippen LogP contribution in [0, 0.1) is 5.92 Å². The van der Waals surface area contributed by atoms with E-state index in [1.54, 1.807) is 10.8 Å². The molecule has 1 heterocycles. The zero-order chi connectivity index (χ0) is 10.7. The van der Waals surface area contributed by atoms with E-state index in [2.05, 4.69) is 20.9 Å². The van der Waals surface area contributed by atoms with Gasteiger partial charge in [0.25, 0.3) is 0 Å². The van der Waals surface area contributed by atoms with Crippen molar-refractivity contribution in [2.24, 2.45) is 5.92 Å². The van der Waals surface area contributed by atoms with Gasteiger partial charge in [-0.05, 0) is 31.6 Å². The summed E-state index contributed by atoms with van der Waals surface area (Å²) >= 11 is 3.68. The Morgan fingerprint density at radius 3 is 3.00 bits per heavy atom. The summed E-state index contributed by atoms with van der Waals surface area (Å²) in [5.74, 6) is 0.668. The second-order valence-electron chi connectivity index (χ2n) is 4.39. The topological polar surface area (TPSA) is 37.8 Å². The molecule has 4 heteroatoms. The number of hydrogen-bond donors (Lipinski definition) is 1. The third-order valence-corrected chi connectivity index (χ3v) is 4.11. The summed E-state index contributed by atoms with van der Waals surface area (Å²) in [6.45, 7) is 0.877. The first-order valence-corrected chi connectivity index (χ1v) is 6.55. The van der Waals surface area contributed by atoms with Gasteiger partial charge in [0.05, 0.1) is 0 Å². The second kappa shape index (κ2) is 5.01. The zero-order valence-electron chi connectivity index (χ0n) is 8.79. The minimum atomic E-state index is 0.0228. The third-order valence-electron chi connectivity index (χ3n) is 3.19. The van der Waals surface area contributed by atoms with Gasteiger partial charge in [-0.1, -0.05) is 22.4 Å². The van der Waals surface area contributed by atoms with Crippen molar-refractivity contribution in [2.45, 2.75) is 43.5 Å².